The lowest BCUT2D eigenvalue weighted by Crippen LogP contribution is -2.49. The molecule has 0 aromatic heterocycles. The second-order valence-corrected chi connectivity index (χ2v) is 7.38. The molecule has 128 valence electrons. The first-order valence-electron chi connectivity index (χ1n) is 9.02. The predicted octanol–water partition coefficient (Wildman–Crippen LogP) is 1.56. The summed E-state index contributed by atoms with van der Waals surface area (Å²) in [5.41, 5.74) is 2.49. The summed E-state index contributed by atoms with van der Waals surface area (Å²) >= 11 is 0. The summed E-state index contributed by atoms with van der Waals surface area (Å²) in [4.78, 5) is 28.9. The zero-order valence-electron chi connectivity index (χ0n) is 14.2. The summed E-state index contributed by atoms with van der Waals surface area (Å²) in [6, 6.07) is 8.88. The molecule has 1 aliphatic heterocycles. The molecule has 2 saturated carbocycles. The number of amides is 2. The molecule has 2 atom stereocenters. The zero-order valence-corrected chi connectivity index (χ0v) is 14.2. The highest BCUT2D eigenvalue weighted by molar-refractivity contribution is 5.92. The first kappa shape index (κ1) is 15.5. The summed E-state index contributed by atoms with van der Waals surface area (Å²) in [7, 11) is 0. The van der Waals surface area contributed by atoms with Crippen LogP contribution in [0.15, 0.2) is 24.3 Å². The number of anilines is 1. The summed E-state index contributed by atoms with van der Waals surface area (Å²) < 4.78 is 0. The third kappa shape index (κ3) is 3.25. The van der Waals surface area contributed by atoms with Gasteiger partial charge in [0.25, 0.3) is 0 Å². The van der Waals surface area contributed by atoms with E-state index in [1.54, 1.807) is 0 Å². The monoisotopic (exact) mass is 327 g/mol. The van der Waals surface area contributed by atoms with E-state index in [0.717, 1.165) is 45.4 Å². The maximum Gasteiger partial charge on any atom is 0.226 e. The molecule has 24 heavy (non-hydrogen) atoms. The van der Waals surface area contributed by atoms with Crippen molar-refractivity contribution in [2.24, 2.45) is 11.8 Å². The van der Waals surface area contributed by atoms with Crippen molar-refractivity contribution in [3.63, 3.8) is 0 Å². The Balaban J connectivity index is 1.28. The standard InChI is InChI=1S/C19H25N3O2/c1-13-3-2-4-15(11-13)21-7-9-22(10-8-21)19(24)17-12-16(17)18(23)20-14-5-6-14/h2-4,11,14,16-17H,5-10,12H2,1H3,(H,20,23). The summed E-state index contributed by atoms with van der Waals surface area (Å²) in [5, 5.41) is 3.02. The predicted molar refractivity (Wildman–Crippen MR) is 92.7 cm³/mol. The summed E-state index contributed by atoms with van der Waals surface area (Å²) in [5.74, 6) is 0.117. The van der Waals surface area contributed by atoms with Gasteiger partial charge in [0, 0.05) is 37.9 Å². The minimum Gasteiger partial charge on any atom is -0.368 e. The molecule has 2 aliphatic carbocycles. The van der Waals surface area contributed by atoms with Crippen molar-refractivity contribution < 1.29 is 9.59 Å². The van der Waals surface area contributed by atoms with Crippen LogP contribution in [0.3, 0.4) is 0 Å². The molecule has 2 amide bonds. The van der Waals surface area contributed by atoms with Gasteiger partial charge in [-0.25, -0.2) is 0 Å². The first-order chi connectivity index (χ1) is 11.6. The number of piperazine rings is 1. The molecular weight excluding hydrogens is 302 g/mol. The topological polar surface area (TPSA) is 52.7 Å². The smallest absolute Gasteiger partial charge is 0.226 e. The molecule has 0 bridgehead atoms. The molecular formula is C19H25N3O2. The Kier molecular flexibility index (Phi) is 3.94. The normalized spacial score (nSPS) is 26.2. The first-order valence-corrected chi connectivity index (χ1v) is 9.02. The number of nitrogens with zero attached hydrogens (tertiary/aromatic N) is 2. The van der Waals surface area contributed by atoms with Crippen LogP contribution in [-0.2, 0) is 9.59 Å². The lowest BCUT2D eigenvalue weighted by Gasteiger charge is -2.36. The lowest BCUT2D eigenvalue weighted by molar-refractivity contribution is -0.135. The van der Waals surface area contributed by atoms with Gasteiger partial charge < -0.3 is 15.1 Å². The number of benzene rings is 1. The fraction of sp³-hybridized carbons (Fsp3) is 0.579. The van der Waals surface area contributed by atoms with Crippen molar-refractivity contribution in [3.8, 4) is 0 Å². The Hall–Kier alpha value is -2.04. The van der Waals surface area contributed by atoms with Crippen LogP contribution < -0.4 is 10.2 Å². The number of carbonyl (C=O) groups excluding carboxylic acids is 2. The van der Waals surface area contributed by atoms with Crippen LogP contribution in [0.25, 0.3) is 0 Å². The molecule has 1 saturated heterocycles. The zero-order chi connectivity index (χ0) is 16.7. The fourth-order valence-corrected chi connectivity index (χ4v) is 3.54. The van der Waals surface area contributed by atoms with E-state index in [1.165, 1.54) is 11.3 Å². The minimum absolute atomic E-state index is 0.0748. The van der Waals surface area contributed by atoms with Crippen LogP contribution >= 0.6 is 0 Å². The Bertz CT molecular complexity index is 648. The number of hydrogen-bond acceptors (Lipinski definition) is 3. The van der Waals surface area contributed by atoms with E-state index in [0.29, 0.717) is 6.04 Å². The van der Waals surface area contributed by atoms with Crippen LogP contribution in [0.5, 0.6) is 0 Å². The lowest BCUT2D eigenvalue weighted by atomic mass is 10.2. The molecule has 1 heterocycles. The summed E-state index contributed by atoms with van der Waals surface area (Å²) in [6.45, 7) is 5.32. The van der Waals surface area contributed by atoms with Crippen molar-refractivity contribution in [3.05, 3.63) is 29.8 Å². The molecule has 3 fully saturated rings. The maximum absolute atomic E-state index is 12.6. The number of hydrogen-bond donors (Lipinski definition) is 1. The van der Waals surface area contributed by atoms with Crippen LogP contribution in [0.4, 0.5) is 5.69 Å². The van der Waals surface area contributed by atoms with E-state index in [-0.39, 0.29) is 23.7 Å². The molecule has 0 spiro atoms. The van der Waals surface area contributed by atoms with Gasteiger partial charge in [0.05, 0.1) is 11.8 Å². The third-order valence-electron chi connectivity index (χ3n) is 5.33. The highest BCUT2D eigenvalue weighted by Crippen LogP contribution is 2.41. The Morgan fingerprint density at radius 2 is 1.83 bits per heavy atom. The van der Waals surface area contributed by atoms with E-state index < -0.39 is 0 Å². The third-order valence-corrected chi connectivity index (χ3v) is 5.33. The second-order valence-electron chi connectivity index (χ2n) is 7.38. The molecule has 5 nitrogen and oxygen atoms in total. The van der Waals surface area contributed by atoms with Crippen molar-refractivity contribution in [2.75, 3.05) is 31.1 Å². The minimum atomic E-state index is -0.0760. The van der Waals surface area contributed by atoms with Gasteiger partial charge in [-0.1, -0.05) is 12.1 Å². The van der Waals surface area contributed by atoms with Crippen molar-refractivity contribution in [1.29, 1.82) is 0 Å². The van der Waals surface area contributed by atoms with Gasteiger partial charge in [0.15, 0.2) is 0 Å². The van der Waals surface area contributed by atoms with Crippen LogP contribution in [0.1, 0.15) is 24.8 Å². The molecule has 5 heteroatoms. The number of aryl methyl sites for hydroxylation is 1. The SMILES string of the molecule is Cc1cccc(N2CCN(C(=O)C3CC3C(=O)NC3CC3)CC2)c1. The molecule has 1 aromatic carbocycles. The van der Waals surface area contributed by atoms with Gasteiger partial charge in [-0.05, 0) is 43.9 Å². The average molecular weight is 327 g/mol. The number of nitrogens with one attached hydrogen (secondary N) is 1. The Labute approximate surface area is 143 Å². The molecule has 2 unspecified atom stereocenters. The Morgan fingerprint density at radius 1 is 1.08 bits per heavy atom. The van der Waals surface area contributed by atoms with Gasteiger partial charge in [-0.2, -0.15) is 0 Å². The molecule has 4 rings (SSSR count). The van der Waals surface area contributed by atoms with Crippen LogP contribution in [-0.4, -0.2) is 48.9 Å². The average Bonchev–Trinajstić information content (AvgIpc) is 3.48. The van der Waals surface area contributed by atoms with Crippen molar-refractivity contribution in [1.82, 2.24) is 10.2 Å². The van der Waals surface area contributed by atoms with Gasteiger partial charge in [-0.15, -0.1) is 0 Å². The van der Waals surface area contributed by atoms with E-state index in [9.17, 15) is 9.59 Å². The molecule has 1 aromatic rings. The van der Waals surface area contributed by atoms with Crippen molar-refractivity contribution in [2.45, 2.75) is 32.2 Å². The van der Waals surface area contributed by atoms with Gasteiger partial charge in [0.2, 0.25) is 11.8 Å². The summed E-state index contributed by atoms with van der Waals surface area (Å²) in [6.07, 6.45) is 2.92. The van der Waals surface area contributed by atoms with Crippen molar-refractivity contribution >= 4 is 17.5 Å². The van der Waals surface area contributed by atoms with E-state index in [2.05, 4.69) is 41.4 Å². The fourth-order valence-electron chi connectivity index (χ4n) is 3.54. The molecule has 1 N–H and O–H groups in total. The van der Waals surface area contributed by atoms with Gasteiger partial charge >= 0.3 is 0 Å². The van der Waals surface area contributed by atoms with Gasteiger partial charge in [-0.3, -0.25) is 9.59 Å². The van der Waals surface area contributed by atoms with Crippen LogP contribution in [0, 0.1) is 18.8 Å². The quantitative estimate of drug-likeness (QED) is 0.913. The highest BCUT2D eigenvalue weighted by Gasteiger charge is 2.50. The molecule has 0 radical (unpaired) electrons. The highest BCUT2D eigenvalue weighted by atomic mass is 16.2. The van der Waals surface area contributed by atoms with E-state index in [1.807, 2.05) is 4.90 Å². The van der Waals surface area contributed by atoms with E-state index in [4.69, 9.17) is 0 Å². The number of carbonyl (C=O) groups is 2. The largest absolute Gasteiger partial charge is 0.368 e. The Morgan fingerprint density at radius 3 is 2.50 bits per heavy atom. The second kappa shape index (κ2) is 6.11. The maximum atomic E-state index is 12.6. The number of rotatable bonds is 4. The molecule has 3 aliphatic rings. The van der Waals surface area contributed by atoms with E-state index >= 15 is 0 Å². The van der Waals surface area contributed by atoms with Gasteiger partial charge in [0.1, 0.15) is 0 Å². The van der Waals surface area contributed by atoms with Crippen LogP contribution in [0.2, 0.25) is 0 Å².